The van der Waals surface area contributed by atoms with Gasteiger partial charge in [-0.3, -0.25) is 19.7 Å². The summed E-state index contributed by atoms with van der Waals surface area (Å²) in [4.78, 5) is 34.9. The molecule has 0 saturated heterocycles. The van der Waals surface area contributed by atoms with Gasteiger partial charge in [0.15, 0.2) is 5.92 Å². The van der Waals surface area contributed by atoms with Crippen LogP contribution in [0.15, 0.2) is 18.2 Å². The Hall–Kier alpha value is -1.86. The van der Waals surface area contributed by atoms with Crippen molar-refractivity contribution in [2.24, 2.45) is 5.92 Å². The van der Waals surface area contributed by atoms with Gasteiger partial charge in [-0.05, 0) is 31.5 Å². The SMILES string of the molecule is CCOC(=O)C(C(=O)OCC)[C@@H](C[N+](=O)[O-])c1ccc(Cl)cc1Cl. The van der Waals surface area contributed by atoms with Crippen LogP contribution in [0.2, 0.25) is 10.0 Å². The highest BCUT2D eigenvalue weighted by Crippen LogP contribution is 2.34. The molecule has 0 radical (unpaired) electrons. The molecule has 0 aliphatic heterocycles. The van der Waals surface area contributed by atoms with Crippen molar-refractivity contribution in [1.29, 1.82) is 0 Å². The van der Waals surface area contributed by atoms with Crippen LogP contribution < -0.4 is 0 Å². The van der Waals surface area contributed by atoms with Gasteiger partial charge in [0.05, 0.1) is 19.1 Å². The third-order valence-corrected chi connectivity index (χ3v) is 3.75. The van der Waals surface area contributed by atoms with E-state index in [0.717, 1.165) is 0 Å². The molecule has 24 heavy (non-hydrogen) atoms. The number of halogens is 2. The average molecular weight is 378 g/mol. The molecule has 1 aromatic rings. The molecule has 0 aromatic heterocycles. The number of benzene rings is 1. The Morgan fingerprint density at radius 3 is 2.12 bits per heavy atom. The minimum absolute atomic E-state index is 0.0221. The molecule has 1 aromatic carbocycles. The first-order valence-electron chi connectivity index (χ1n) is 7.21. The van der Waals surface area contributed by atoms with Crippen molar-refractivity contribution in [3.05, 3.63) is 43.9 Å². The second-order valence-corrected chi connectivity index (χ2v) is 5.61. The summed E-state index contributed by atoms with van der Waals surface area (Å²) < 4.78 is 9.78. The van der Waals surface area contributed by atoms with Crippen LogP contribution >= 0.6 is 23.2 Å². The summed E-state index contributed by atoms with van der Waals surface area (Å²) >= 11 is 11.9. The van der Waals surface area contributed by atoms with Gasteiger partial charge >= 0.3 is 11.9 Å². The topological polar surface area (TPSA) is 95.7 Å². The van der Waals surface area contributed by atoms with E-state index in [1.165, 1.54) is 18.2 Å². The molecule has 0 aliphatic carbocycles. The van der Waals surface area contributed by atoms with E-state index >= 15 is 0 Å². The predicted molar refractivity (Wildman–Crippen MR) is 87.8 cm³/mol. The lowest BCUT2D eigenvalue weighted by atomic mass is 9.85. The summed E-state index contributed by atoms with van der Waals surface area (Å²) in [6, 6.07) is 4.31. The number of nitro groups is 1. The van der Waals surface area contributed by atoms with Crippen LogP contribution in [0.25, 0.3) is 0 Å². The van der Waals surface area contributed by atoms with Crippen LogP contribution in [0.1, 0.15) is 25.3 Å². The molecule has 0 amide bonds. The van der Waals surface area contributed by atoms with Gasteiger partial charge in [0, 0.05) is 15.0 Å². The third kappa shape index (κ3) is 5.35. The summed E-state index contributed by atoms with van der Waals surface area (Å²) in [6.07, 6.45) is 0. The van der Waals surface area contributed by atoms with Crippen molar-refractivity contribution in [3.8, 4) is 0 Å². The van der Waals surface area contributed by atoms with Crippen LogP contribution in [0.5, 0.6) is 0 Å². The van der Waals surface area contributed by atoms with Crippen LogP contribution in [-0.2, 0) is 19.1 Å². The zero-order valence-corrected chi connectivity index (χ0v) is 14.7. The Bertz CT molecular complexity index is 604. The predicted octanol–water partition coefficient (Wildman–Crippen LogP) is 3.10. The minimum atomic E-state index is -1.49. The van der Waals surface area contributed by atoms with E-state index in [1.807, 2.05) is 0 Å². The zero-order valence-electron chi connectivity index (χ0n) is 13.2. The normalized spacial score (nSPS) is 11.9. The molecule has 0 spiro atoms. The van der Waals surface area contributed by atoms with Gasteiger partial charge < -0.3 is 9.47 Å². The number of hydrogen-bond acceptors (Lipinski definition) is 6. The molecule has 132 valence electrons. The van der Waals surface area contributed by atoms with Gasteiger partial charge in [0.1, 0.15) is 0 Å². The van der Waals surface area contributed by atoms with Crippen molar-refractivity contribution in [2.45, 2.75) is 19.8 Å². The molecular formula is C15H17Cl2NO6. The highest BCUT2D eigenvalue weighted by Gasteiger charge is 2.42. The summed E-state index contributed by atoms with van der Waals surface area (Å²) in [5, 5.41) is 11.5. The van der Waals surface area contributed by atoms with Crippen molar-refractivity contribution < 1.29 is 24.0 Å². The maximum atomic E-state index is 12.2. The van der Waals surface area contributed by atoms with E-state index < -0.39 is 35.2 Å². The Morgan fingerprint density at radius 2 is 1.71 bits per heavy atom. The monoisotopic (exact) mass is 377 g/mol. The number of carbonyl (C=O) groups excluding carboxylic acids is 2. The van der Waals surface area contributed by atoms with E-state index in [0.29, 0.717) is 5.02 Å². The third-order valence-electron chi connectivity index (χ3n) is 3.19. The van der Waals surface area contributed by atoms with E-state index in [2.05, 4.69) is 0 Å². The molecular weight excluding hydrogens is 361 g/mol. The number of rotatable bonds is 8. The number of ether oxygens (including phenoxy) is 2. The van der Waals surface area contributed by atoms with Gasteiger partial charge in [0.2, 0.25) is 6.54 Å². The lowest BCUT2D eigenvalue weighted by Gasteiger charge is -2.22. The van der Waals surface area contributed by atoms with E-state index in [9.17, 15) is 19.7 Å². The fourth-order valence-electron chi connectivity index (χ4n) is 2.23. The quantitative estimate of drug-likeness (QED) is 0.299. The molecule has 0 heterocycles. The maximum absolute atomic E-state index is 12.2. The molecule has 1 rings (SSSR count). The van der Waals surface area contributed by atoms with E-state index in [1.54, 1.807) is 13.8 Å². The summed E-state index contributed by atoms with van der Waals surface area (Å²) in [7, 11) is 0. The molecule has 0 saturated carbocycles. The van der Waals surface area contributed by atoms with Crippen LogP contribution in [0, 0.1) is 16.0 Å². The lowest BCUT2D eigenvalue weighted by Crippen LogP contribution is -2.36. The zero-order chi connectivity index (χ0) is 18.3. The van der Waals surface area contributed by atoms with Gasteiger partial charge in [-0.15, -0.1) is 0 Å². The Balaban J connectivity index is 3.37. The second-order valence-electron chi connectivity index (χ2n) is 4.77. The molecule has 0 fully saturated rings. The first-order chi connectivity index (χ1) is 11.3. The van der Waals surface area contributed by atoms with Crippen molar-refractivity contribution >= 4 is 35.1 Å². The minimum Gasteiger partial charge on any atom is -0.465 e. The Labute approximate surface area is 149 Å². The standard InChI is InChI=1S/C15H17Cl2NO6/c1-3-23-14(19)13(15(20)24-4-2)11(8-18(21)22)10-6-5-9(16)7-12(10)17/h5-7,11,13H,3-4,8H2,1-2H3/t11-/m0/s1. The Kier molecular flexibility index (Phi) is 7.94. The average Bonchev–Trinajstić information content (AvgIpc) is 2.46. The number of hydrogen-bond donors (Lipinski definition) is 0. The molecule has 0 bridgehead atoms. The van der Waals surface area contributed by atoms with Crippen LogP contribution in [-0.4, -0.2) is 36.6 Å². The largest absolute Gasteiger partial charge is 0.465 e. The first-order valence-corrected chi connectivity index (χ1v) is 7.97. The fourth-order valence-corrected chi connectivity index (χ4v) is 2.78. The maximum Gasteiger partial charge on any atom is 0.321 e. The summed E-state index contributed by atoms with van der Waals surface area (Å²) in [5.41, 5.74) is 0.254. The summed E-state index contributed by atoms with van der Waals surface area (Å²) in [5.74, 6) is -4.42. The van der Waals surface area contributed by atoms with Gasteiger partial charge in [-0.2, -0.15) is 0 Å². The highest BCUT2D eigenvalue weighted by atomic mass is 35.5. The van der Waals surface area contributed by atoms with E-state index in [4.69, 9.17) is 32.7 Å². The highest BCUT2D eigenvalue weighted by molar-refractivity contribution is 6.35. The molecule has 1 atom stereocenters. The smallest absolute Gasteiger partial charge is 0.321 e. The van der Waals surface area contributed by atoms with Gasteiger partial charge in [-0.25, -0.2) is 0 Å². The molecule has 0 unspecified atom stereocenters. The van der Waals surface area contributed by atoms with E-state index in [-0.39, 0.29) is 23.8 Å². The molecule has 7 nitrogen and oxygen atoms in total. The summed E-state index contributed by atoms with van der Waals surface area (Å²) in [6.45, 7) is 2.49. The fraction of sp³-hybridized carbons (Fsp3) is 0.467. The van der Waals surface area contributed by atoms with Gasteiger partial charge in [-0.1, -0.05) is 29.3 Å². The molecule has 0 N–H and O–H groups in total. The van der Waals surface area contributed by atoms with Crippen molar-refractivity contribution in [2.75, 3.05) is 19.8 Å². The molecule has 0 aliphatic rings. The number of nitrogens with zero attached hydrogens (tertiary/aromatic N) is 1. The van der Waals surface area contributed by atoms with Crippen molar-refractivity contribution in [3.63, 3.8) is 0 Å². The first kappa shape index (κ1) is 20.2. The number of esters is 2. The van der Waals surface area contributed by atoms with Crippen LogP contribution in [0.4, 0.5) is 0 Å². The van der Waals surface area contributed by atoms with Crippen molar-refractivity contribution in [1.82, 2.24) is 0 Å². The second kappa shape index (κ2) is 9.44. The number of carbonyl (C=O) groups is 2. The Morgan fingerprint density at radius 1 is 1.17 bits per heavy atom. The lowest BCUT2D eigenvalue weighted by molar-refractivity contribution is -0.484. The van der Waals surface area contributed by atoms with Crippen LogP contribution in [0.3, 0.4) is 0 Å². The molecule has 9 heteroatoms. The van der Waals surface area contributed by atoms with Gasteiger partial charge in [0.25, 0.3) is 0 Å².